The van der Waals surface area contributed by atoms with Crippen LogP contribution in [0.4, 0.5) is 0 Å². The number of carbonyl (C=O) groups excluding carboxylic acids is 1. The minimum Gasteiger partial charge on any atom is -0.478 e. The molecule has 30 heavy (non-hydrogen) atoms. The Bertz CT molecular complexity index is 1290. The lowest BCUT2D eigenvalue weighted by Crippen LogP contribution is -2.38. The Morgan fingerprint density at radius 1 is 1.30 bits per heavy atom. The van der Waals surface area contributed by atoms with Crippen molar-refractivity contribution in [3.63, 3.8) is 0 Å². The van der Waals surface area contributed by atoms with Crippen molar-refractivity contribution >= 4 is 49.1 Å². The van der Waals surface area contributed by atoms with Crippen LogP contribution in [0.5, 0.6) is 5.75 Å². The third kappa shape index (κ3) is 4.81. The van der Waals surface area contributed by atoms with Gasteiger partial charge in [-0.25, -0.2) is 13.6 Å². The monoisotopic (exact) mass is 465 g/mol. The maximum absolute atomic E-state index is 12.9. The molecule has 7 nitrogen and oxygen atoms in total. The molecule has 1 amide bonds. The van der Waals surface area contributed by atoms with Crippen molar-refractivity contribution in [2.75, 3.05) is 0 Å². The Morgan fingerprint density at radius 2 is 1.97 bits per heavy atom. The molecule has 158 valence electrons. The van der Waals surface area contributed by atoms with Gasteiger partial charge >= 0.3 is 0 Å². The van der Waals surface area contributed by atoms with E-state index in [4.69, 9.17) is 21.5 Å². The summed E-state index contributed by atoms with van der Waals surface area (Å²) in [5.74, 6) is -0.00505. The van der Waals surface area contributed by atoms with Gasteiger partial charge in [-0.1, -0.05) is 29.0 Å². The van der Waals surface area contributed by atoms with E-state index in [0.29, 0.717) is 26.8 Å². The summed E-state index contributed by atoms with van der Waals surface area (Å²) in [6, 6.07) is 11.2. The lowest BCUT2D eigenvalue weighted by atomic mass is 10.1. The van der Waals surface area contributed by atoms with Gasteiger partial charge < -0.3 is 9.30 Å². The van der Waals surface area contributed by atoms with Gasteiger partial charge in [0.1, 0.15) is 5.75 Å². The van der Waals surface area contributed by atoms with Gasteiger partial charge in [-0.3, -0.25) is 4.79 Å². The van der Waals surface area contributed by atoms with Gasteiger partial charge in [-0.15, -0.1) is 6.58 Å². The number of nitrogens with two attached hydrogens (primary N) is 1. The summed E-state index contributed by atoms with van der Waals surface area (Å²) >= 11 is 7.06. The number of fused-ring (bicyclic) bond motifs is 1. The van der Waals surface area contributed by atoms with E-state index >= 15 is 0 Å². The van der Waals surface area contributed by atoms with E-state index in [1.165, 1.54) is 23.5 Å². The summed E-state index contributed by atoms with van der Waals surface area (Å²) in [6.07, 6.45) is 1.67. The molecule has 1 aromatic heterocycles. The quantitative estimate of drug-likeness (QED) is 0.563. The molecule has 0 saturated heterocycles. The van der Waals surface area contributed by atoms with Crippen LogP contribution in [-0.2, 0) is 21.4 Å². The Kier molecular flexibility index (Phi) is 6.19. The first-order valence-electron chi connectivity index (χ1n) is 8.82. The SMILES string of the molecule is C=CCn1c(=NC(=O)C(C)(C)Oc2ccc(Cl)cc2)sc2cc(S(N)(=O)=O)ccc21. The first-order valence-corrected chi connectivity index (χ1v) is 11.6. The number of nitrogens with zero attached hydrogens (tertiary/aromatic N) is 2. The number of halogens is 1. The highest BCUT2D eigenvalue weighted by molar-refractivity contribution is 7.89. The van der Waals surface area contributed by atoms with E-state index < -0.39 is 21.5 Å². The lowest BCUT2D eigenvalue weighted by Gasteiger charge is -2.22. The summed E-state index contributed by atoms with van der Waals surface area (Å²) < 4.78 is 31.5. The second kappa shape index (κ2) is 8.35. The highest BCUT2D eigenvalue weighted by atomic mass is 35.5. The van der Waals surface area contributed by atoms with E-state index in [9.17, 15) is 13.2 Å². The first-order chi connectivity index (χ1) is 14.0. The molecule has 0 fully saturated rings. The van der Waals surface area contributed by atoms with Gasteiger partial charge in [0, 0.05) is 11.6 Å². The van der Waals surface area contributed by atoms with Gasteiger partial charge in [0.15, 0.2) is 10.4 Å². The maximum Gasteiger partial charge on any atom is 0.291 e. The molecule has 0 spiro atoms. The average molecular weight is 466 g/mol. The maximum atomic E-state index is 12.9. The smallest absolute Gasteiger partial charge is 0.291 e. The number of primary sulfonamides is 1. The first kappa shape index (κ1) is 22.2. The summed E-state index contributed by atoms with van der Waals surface area (Å²) in [5, 5.41) is 5.78. The number of benzene rings is 2. The normalized spacial score (nSPS) is 12.9. The average Bonchev–Trinajstić information content (AvgIpc) is 2.99. The highest BCUT2D eigenvalue weighted by Crippen LogP contribution is 2.23. The Balaban J connectivity index is 2.04. The molecule has 3 aromatic rings. The number of thiazole rings is 1. The second-order valence-electron chi connectivity index (χ2n) is 6.94. The Labute approximate surface area is 183 Å². The number of sulfonamides is 1. The largest absolute Gasteiger partial charge is 0.478 e. The zero-order chi connectivity index (χ0) is 22.1. The van der Waals surface area contributed by atoms with Crippen molar-refractivity contribution in [2.45, 2.75) is 30.9 Å². The highest BCUT2D eigenvalue weighted by Gasteiger charge is 2.30. The summed E-state index contributed by atoms with van der Waals surface area (Å²) in [6.45, 7) is 7.37. The van der Waals surface area contributed by atoms with Gasteiger partial charge in [-0.2, -0.15) is 4.99 Å². The molecule has 0 aliphatic heterocycles. The molecule has 2 N–H and O–H groups in total. The van der Waals surface area contributed by atoms with Crippen LogP contribution in [0.25, 0.3) is 10.2 Å². The molecule has 0 bridgehead atoms. The number of rotatable bonds is 6. The number of amides is 1. The molecule has 2 aromatic carbocycles. The summed E-state index contributed by atoms with van der Waals surface area (Å²) in [7, 11) is -3.84. The van der Waals surface area contributed by atoms with Crippen LogP contribution in [0.3, 0.4) is 0 Å². The van der Waals surface area contributed by atoms with Crippen molar-refractivity contribution in [1.29, 1.82) is 0 Å². The second-order valence-corrected chi connectivity index (χ2v) is 9.95. The molecule has 0 radical (unpaired) electrons. The van der Waals surface area contributed by atoms with E-state index in [0.717, 1.165) is 5.52 Å². The van der Waals surface area contributed by atoms with Crippen molar-refractivity contribution < 1.29 is 17.9 Å². The molecule has 0 saturated carbocycles. The minimum atomic E-state index is -3.84. The number of hydrogen-bond acceptors (Lipinski definition) is 5. The lowest BCUT2D eigenvalue weighted by molar-refractivity contribution is -0.130. The zero-order valence-corrected chi connectivity index (χ0v) is 18.7. The third-order valence-corrected chi connectivity index (χ3v) is 6.40. The molecule has 3 rings (SSSR count). The molecule has 0 atom stereocenters. The Hall–Kier alpha value is -2.46. The number of ether oxygens (including phenoxy) is 1. The minimum absolute atomic E-state index is 0.00807. The summed E-state index contributed by atoms with van der Waals surface area (Å²) in [5.41, 5.74) is -0.517. The Morgan fingerprint density at radius 3 is 2.57 bits per heavy atom. The van der Waals surface area contributed by atoms with Crippen LogP contribution in [0.15, 0.2) is 65.0 Å². The third-order valence-electron chi connectivity index (χ3n) is 4.19. The zero-order valence-electron chi connectivity index (χ0n) is 16.3. The predicted octanol–water partition coefficient (Wildman–Crippen LogP) is 3.47. The number of allylic oxidation sites excluding steroid dienone is 1. The van der Waals surface area contributed by atoms with Gasteiger partial charge in [0.05, 0.1) is 15.1 Å². The van der Waals surface area contributed by atoms with Crippen LogP contribution >= 0.6 is 22.9 Å². The molecule has 0 unspecified atom stereocenters. The van der Waals surface area contributed by atoms with E-state index in [1.807, 2.05) is 0 Å². The van der Waals surface area contributed by atoms with Gasteiger partial charge in [0.2, 0.25) is 10.0 Å². The number of hydrogen-bond donors (Lipinski definition) is 1. The number of carbonyl (C=O) groups is 1. The van der Waals surface area contributed by atoms with E-state index in [-0.39, 0.29) is 4.90 Å². The van der Waals surface area contributed by atoms with Gasteiger partial charge in [0.25, 0.3) is 5.91 Å². The fourth-order valence-electron chi connectivity index (χ4n) is 2.68. The fourth-order valence-corrected chi connectivity index (χ4v) is 4.50. The predicted molar refractivity (Wildman–Crippen MR) is 118 cm³/mol. The molecule has 10 heteroatoms. The standard InChI is InChI=1S/C20H20ClN3O4S2/c1-4-11-24-16-10-9-15(30(22,26)27)12-17(16)29-19(24)23-18(25)20(2,3)28-14-7-5-13(21)6-8-14/h4-10,12H,1,11H2,2-3H3,(H2,22,26,27). The number of aromatic nitrogens is 1. The van der Waals surface area contributed by atoms with Crippen LogP contribution in [0.1, 0.15) is 13.8 Å². The van der Waals surface area contributed by atoms with Crippen molar-refractivity contribution in [3.8, 4) is 5.75 Å². The molecule has 0 aliphatic rings. The van der Waals surface area contributed by atoms with Crippen LogP contribution in [0.2, 0.25) is 5.02 Å². The molecular formula is C20H20ClN3O4S2. The van der Waals surface area contributed by atoms with E-state index in [1.54, 1.807) is 54.8 Å². The molecular weight excluding hydrogens is 446 g/mol. The molecule has 1 heterocycles. The topological polar surface area (TPSA) is 104 Å². The molecule has 0 aliphatic carbocycles. The van der Waals surface area contributed by atoms with Crippen LogP contribution < -0.4 is 14.7 Å². The van der Waals surface area contributed by atoms with E-state index in [2.05, 4.69) is 11.6 Å². The van der Waals surface area contributed by atoms with Crippen LogP contribution in [-0.4, -0.2) is 24.5 Å². The van der Waals surface area contributed by atoms with Gasteiger partial charge in [-0.05, 0) is 56.3 Å². The summed E-state index contributed by atoms with van der Waals surface area (Å²) in [4.78, 5) is 17.5. The van der Waals surface area contributed by atoms with Crippen molar-refractivity contribution in [2.24, 2.45) is 10.1 Å². The fraction of sp³-hybridized carbons (Fsp3) is 0.200. The van der Waals surface area contributed by atoms with Crippen LogP contribution in [0, 0.1) is 0 Å². The van der Waals surface area contributed by atoms with Crippen molar-refractivity contribution in [1.82, 2.24) is 4.57 Å². The van der Waals surface area contributed by atoms with Crippen molar-refractivity contribution in [3.05, 3.63) is 64.9 Å².